The van der Waals surface area contributed by atoms with Gasteiger partial charge in [0.15, 0.2) is 0 Å². The second-order valence-electron chi connectivity index (χ2n) is 5.50. The molecular formula is C15H19N3OS2. The summed E-state index contributed by atoms with van der Waals surface area (Å²) in [5.74, 6) is 0.0287. The number of thiazole rings is 1. The Hall–Kier alpha value is -1.24. The molecule has 3 rings (SSSR count). The topological polar surface area (TPSA) is 45.2 Å². The molecule has 4 nitrogen and oxygen atoms in total. The Morgan fingerprint density at radius 3 is 2.86 bits per heavy atom. The lowest BCUT2D eigenvalue weighted by Crippen LogP contribution is -2.43. The van der Waals surface area contributed by atoms with Gasteiger partial charge in [0.2, 0.25) is 0 Å². The van der Waals surface area contributed by atoms with E-state index in [1.165, 1.54) is 11.3 Å². The highest BCUT2D eigenvalue weighted by atomic mass is 32.1. The Kier molecular flexibility index (Phi) is 4.37. The summed E-state index contributed by atoms with van der Waals surface area (Å²) in [5, 5.41) is 8.19. The Morgan fingerprint density at radius 2 is 2.19 bits per heavy atom. The van der Waals surface area contributed by atoms with Crippen LogP contribution in [0, 0.1) is 6.92 Å². The first-order valence-corrected chi connectivity index (χ1v) is 8.89. The largest absolute Gasteiger partial charge is 0.348 e. The molecule has 0 spiro atoms. The maximum atomic E-state index is 12.4. The van der Waals surface area contributed by atoms with Gasteiger partial charge in [0, 0.05) is 17.0 Å². The second kappa shape index (κ2) is 6.25. The molecule has 112 valence electrons. The molecule has 0 aliphatic carbocycles. The summed E-state index contributed by atoms with van der Waals surface area (Å²) in [7, 11) is 2.12. The van der Waals surface area contributed by atoms with Gasteiger partial charge >= 0.3 is 0 Å². The van der Waals surface area contributed by atoms with E-state index in [0.29, 0.717) is 6.04 Å². The van der Waals surface area contributed by atoms with Gasteiger partial charge in [-0.05, 0) is 51.3 Å². The quantitative estimate of drug-likeness (QED) is 0.945. The average Bonchev–Trinajstić information content (AvgIpc) is 3.10. The minimum atomic E-state index is 0.0287. The van der Waals surface area contributed by atoms with E-state index in [1.807, 2.05) is 18.4 Å². The Morgan fingerprint density at radius 1 is 1.43 bits per heavy atom. The van der Waals surface area contributed by atoms with E-state index in [9.17, 15) is 4.79 Å². The standard InChI is InChI=1S/C15H19N3OS2/c1-10-13(21-15(16-10)11-5-8-20-9-11)14(19)17-12-3-6-18(2)7-4-12/h5,8-9,12H,3-4,6-7H2,1-2H3,(H,17,19). The summed E-state index contributed by atoms with van der Waals surface area (Å²) in [4.78, 5) is 20.0. The van der Waals surface area contributed by atoms with Crippen LogP contribution in [0.5, 0.6) is 0 Å². The van der Waals surface area contributed by atoms with Crippen molar-refractivity contribution in [1.29, 1.82) is 0 Å². The number of rotatable bonds is 3. The summed E-state index contributed by atoms with van der Waals surface area (Å²) in [6, 6.07) is 2.33. The van der Waals surface area contributed by atoms with Crippen LogP contribution in [0.2, 0.25) is 0 Å². The van der Waals surface area contributed by atoms with E-state index < -0.39 is 0 Å². The van der Waals surface area contributed by atoms with Crippen molar-refractivity contribution in [3.05, 3.63) is 27.4 Å². The van der Waals surface area contributed by atoms with Crippen molar-refractivity contribution in [2.45, 2.75) is 25.8 Å². The van der Waals surface area contributed by atoms with Crippen LogP contribution >= 0.6 is 22.7 Å². The summed E-state index contributed by atoms with van der Waals surface area (Å²) in [6.45, 7) is 4.01. The highest BCUT2D eigenvalue weighted by molar-refractivity contribution is 7.17. The Labute approximate surface area is 132 Å². The van der Waals surface area contributed by atoms with Gasteiger partial charge < -0.3 is 10.2 Å². The number of aryl methyl sites for hydroxylation is 1. The maximum Gasteiger partial charge on any atom is 0.263 e. The van der Waals surface area contributed by atoms with Gasteiger partial charge in [-0.1, -0.05) is 0 Å². The van der Waals surface area contributed by atoms with Crippen LogP contribution < -0.4 is 5.32 Å². The van der Waals surface area contributed by atoms with Crippen LogP contribution in [-0.2, 0) is 0 Å². The van der Waals surface area contributed by atoms with Crippen LogP contribution in [0.3, 0.4) is 0 Å². The zero-order chi connectivity index (χ0) is 14.8. The lowest BCUT2D eigenvalue weighted by Gasteiger charge is -2.29. The predicted octanol–water partition coefficient (Wildman–Crippen LogP) is 3.00. The van der Waals surface area contributed by atoms with Gasteiger partial charge in [0.1, 0.15) is 9.88 Å². The molecule has 0 unspecified atom stereocenters. The fourth-order valence-corrected chi connectivity index (χ4v) is 4.20. The van der Waals surface area contributed by atoms with Crippen molar-refractivity contribution in [3.8, 4) is 10.6 Å². The van der Waals surface area contributed by atoms with Crippen LogP contribution in [0.15, 0.2) is 16.8 Å². The summed E-state index contributed by atoms with van der Waals surface area (Å²) >= 11 is 3.14. The first-order chi connectivity index (χ1) is 10.1. The number of nitrogens with one attached hydrogen (secondary N) is 1. The fraction of sp³-hybridized carbons (Fsp3) is 0.467. The number of carbonyl (C=O) groups is 1. The number of hydrogen-bond acceptors (Lipinski definition) is 5. The molecule has 6 heteroatoms. The second-order valence-corrected chi connectivity index (χ2v) is 7.28. The number of thiophene rings is 1. The van der Waals surface area contributed by atoms with Crippen molar-refractivity contribution in [2.75, 3.05) is 20.1 Å². The SMILES string of the molecule is Cc1nc(-c2ccsc2)sc1C(=O)NC1CCN(C)CC1. The molecule has 2 aromatic rings. The van der Waals surface area contributed by atoms with Crippen molar-refractivity contribution in [3.63, 3.8) is 0 Å². The molecule has 0 aromatic carbocycles. The molecule has 0 atom stereocenters. The average molecular weight is 321 g/mol. The van der Waals surface area contributed by atoms with Gasteiger partial charge in [-0.15, -0.1) is 11.3 Å². The highest BCUT2D eigenvalue weighted by Crippen LogP contribution is 2.29. The van der Waals surface area contributed by atoms with Crippen LogP contribution in [0.1, 0.15) is 28.2 Å². The van der Waals surface area contributed by atoms with E-state index in [0.717, 1.165) is 47.1 Å². The third-order valence-electron chi connectivity index (χ3n) is 3.82. The molecule has 21 heavy (non-hydrogen) atoms. The van der Waals surface area contributed by atoms with Gasteiger partial charge in [-0.2, -0.15) is 11.3 Å². The molecule has 0 radical (unpaired) electrons. The van der Waals surface area contributed by atoms with Gasteiger partial charge in [0.05, 0.1) is 5.69 Å². The zero-order valence-corrected chi connectivity index (χ0v) is 13.9. The van der Waals surface area contributed by atoms with E-state index in [4.69, 9.17) is 0 Å². The number of likely N-dealkylation sites (tertiary alicyclic amines) is 1. The maximum absolute atomic E-state index is 12.4. The number of amides is 1. The van der Waals surface area contributed by atoms with E-state index >= 15 is 0 Å². The molecule has 2 aromatic heterocycles. The number of carbonyl (C=O) groups excluding carboxylic acids is 1. The molecule has 0 saturated carbocycles. The first-order valence-electron chi connectivity index (χ1n) is 7.13. The lowest BCUT2D eigenvalue weighted by molar-refractivity contribution is 0.0920. The molecular weight excluding hydrogens is 302 g/mol. The van der Waals surface area contributed by atoms with Gasteiger partial charge in [-0.3, -0.25) is 4.79 Å². The minimum absolute atomic E-state index is 0.0287. The first kappa shape index (κ1) is 14.7. The van der Waals surface area contributed by atoms with Crippen molar-refractivity contribution in [1.82, 2.24) is 15.2 Å². The Bertz CT molecular complexity index is 613. The minimum Gasteiger partial charge on any atom is -0.348 e. The van der Waals surface area contributed by atoms with Crippen LogP contribution in [-0.4, -0.2) is 42.0 Å². The van der Waals surface area contributed by atoms with E-state index in [-0.39, 0.29) is 5.91 Å². The predicted molar refractivity (Wildman–Crippen MR) is 88.1 cm³/mol. The summed E-state index contributed by atoms with van der Waals surface area (Å²) in [5.41, 5.74) is 1.93. The third-order valence-corrected chi connectivity index (χ3v) is 5.71. The summed E-state index contributed by atoms with van der Waals surface area (Å²) < 4.78 is 0. The number of nitrogens with zero attached hydrogens (tertiary/aromatic N) is 2. The van der Waals surface area contributed by atoms with Crippen molar-refractivity contribution < 1.29 is 4.79 Å². The molecule has 0 bridgehead atoms. The van der Waals surface area contributed by atoms with Gasteiger partial charge in [0.25, 0.3) is 5.91 Å². The normalized spacial score (nSPS) is 17.0. The van der Waals surface area contributed by atoms with E-state index in [1.54, 1.807) is 11.3 Å². The van der Waals surface area contributed by atoms with Crippen LogP contribution in [0.4, 0.5) is 0 Å². The summed E-state index contributed by atoms with van der Waals surface area (Å²) in [6.07, 6.45) is 2.05. The molecule has 1 N–H and O–H groups in total. The zero-order valence-electron chi connectivity index (χ0n) is 12.3. The Balaban J connectivity index is 1.70. The number of piperidine rings is 1. The molecule has 1 saturated heterocycles. The van der Waals surface area contributed by atoms with E-state index in [2.05, 4.69) is 27.6 Å². The molecule has 1 aliphatic heterocycles. The number of hydrogen-bond donors (Lipinski definition) is 1. The highest BCUT2D eigenvalue weighted by Gasteiger charge is 2.22. The van der Waals surface area contributed by atoms with Crippen LogP contribution in [0.25, 0.3) is 10.6 Å². The third kappa shape index (κ3) is 3.33. The molecule has 3 heterocycles. The molecule has 1 aliphatic rings. The van der Waals surface area contributed by atoms with Gasteiger partial charge in [-0.25, -0.2) is 4.98 Å². The lowest BCUT2D eigenvalue weighted by atomic mass is 10.1. The smallest absolute Gasteiger partial charge is 0.263 e. The van der Waals surface area contributed by atoms with Crippen molar-refractivity contribution >= 4 is 28.6 Å². The van der Waals surface area contributed by atoms with Crippen molar-refractivity contribution in [2.24, 2.45) is 0 Å². The molecule has 1 amide bonds. The number of aromatic nitrogens is 1. The fourth-order valence-electron chi connectivity index (χ4n) is 2.52. The molecule has 1 fully saturated rings. The monoisotopic (exact) mass is 321 g/mol.